The maximum absolute atomic E-state index is 2.57. The van der Waals surface area contributed by atoms with Gasteiger partial charge in [0, 0.05) is 33.4 Å². The minimum absolute atomic E-state index is 0.589. The van der Waals surface area contributed by atoms with E-state index in [-0.39, 0.29) is 0 Å². The fourth-order valence-corrected chi connectivity index (χ4v) is 13.5. The number of fused-ring (bicyclic) bond motifs is 9. The van der Waals surface area contributed by atoms with Crippen LogP contribution in [0.15, 0.2) is 303 Å². The summed E-state index contributed by atoms with van der Waals surface area (Å²) in [5, 5.41) is 2.44. The Morgan fingerprint density at radius 2 is 0.750 bits per heavy atom. The van der Waals surface area contributed by atoms with Crippen LogP contribution in [0, 0.1) is 0 Å². The first-order valence-electron chi connectivity index (χ1n) is 26.4. The predicted octanol–water partition coefficient (Wildman–Crippen LogP) is 18.6. The van der Waals surface area contributed by atoms with Crippen LogP contribution in [0.5, 0.6) is 0 Å². The molecule has 0 fully saturated rings. The van der Waals surface area contributed by atoms with Crippen molar-refractivity contribution in [2.24, 2.45) is 0 Å². The minimum Gasteiger partial charge on any atom is -0.310 e. The summed E-state index contributed by atoms with van der Waals surface area (Å²) in [5.74, 6) is 0. The van der Waals surface area contributed by atoms with Crippen LogP contribution in [0.25, 0.3) is 60.9 Å². The summed E-state index contributed by atoms with van der Waals surface area (Å²) in [6, 6.07) is 113. The van der Waals surface area contributed by atoms with Gasteiger partial charge in [-0.05, 0) is 127 Å². The molecule has 0 radical (unpaired) electrons. The maximum Gasteiger partial charge on any atom is 0.0714 e. The molecular weight excluding hydrogens is 917 g/mol. The molecule has 0 N–H and O–H groups in total. The topological polar surface area (TPSA) is 8.17 Å². The zero-order valence-corrected chi connectivity index (χ0v) is 41.8. The van der Waals surface area contributed by atoms with Crippen LogP contribution in [0.3, 0.4) is 0 Å². The predicted molar refractivity (Wildman–Crippen MR) is 316 cm³/mol. The highest BCUT2D eigenvalue weighted by Crippen LogP contribution is 2.62. The SMILES string of the molecule is c1ccc(-c2ccc3c(c2)C(c2ccccc2)(c2ccccc2)c2cccc(N(c4ccc5c(c4)C(c4ccccc4)(c4ccccc4)c4ccccc4-5)c4ccc5c6ccccc6n(-c6ccccc6)c5c4)c2-3)cc1. The molecule has 0 spiro atoms. The molecule has 2 aliphatic carbocycles. The molecule has 12 aromatic carbocycles. The number of anilines is 3. The summed E-state index contributed by atoms with van der Waals surface area (Å²) >= 11 is 0. The fourth-order valence-electron chi connectivity index (χ4n) is 13.5. The largest absolute Gasteiger partial charge is 0.310 e. The second-order valence-electron chi connectivity index (χ2n) is 20.3. The molecule has 15 rings (SSSR count). The van der Waals surface area contributed by atoms with Gasteiger partial charge in [0.25, 0.3) is 0 Å². The number of nitrogens with zero attached hydrogens (tertiary/aromatic N) is 2. The third-order valence-electron chi connectivity index (χ3n) is 16.5. The Morgan fingerprint density at radius 1 is 0.276 bits per heavy atom. The van der Waals surface area contributed by atoms with Gasteiger partial charge < -0.3 is 9.47 Å². The number of para-hydroxylation sites is 2. The molecule has 0 amide bonds. The molecule has 0 atom stereocenters. The Labute approximate surface area is 443 Å². The van der Waals surface area contributed by atoms with E-state index in [9.17, 15) is 0 Å². The van der Waals surface area contributed by atoms with Crippen LogP contribution in [0.4, 0.5) is 17.1 Å². The second-order valence-corrected chi connectivity index (χ2v) is 20.3. The van der Waals surface area contributed by atoms with Crippen molar-refractivity contribution in [3.8, 4) is 39.1 Å². The Kier molecular flexibility index (Phi) is 10.0. The van der Waals surface area contributed by atoms with Crippen molar-refractivity contribution in [1.82, 2.24) is 4.57 Å². The van der Waals surface area contributed by atoms with Crippen LogP contribution in [0.2, 0.25) is 0 Å². The van der Waals surface area contributed by atoms with Crippen molar-refractivity contribution in [1.29, 1.82) is 0 Å². The average Bonchev–Trinajstić information content (AvgIpc) is 4.31. The van der Waals surface area contributed by atoms with Crippen LogP contribution in [-0.2, 0) is 10.8 Å². The third kappa shape index (κ3) is 6.34. The number of benzene rings is 12. The van der Waals surface area contributed by atoms with Gasteiger partial charge in [0.2, 0.25) is 0 Å². The highest BCUT2D eigenvalue weighted by Gasteiger charge is 2.49. The van der Waals surface area contributed by atoms with Crippen LogP contribution >= 0.6 is 0 Å². The number of hydrogen-bond acceptors (Lipinski definition) is 1. The van der Waals surface area contributed by atoms with Crippen molar-refractivity contribution in [3.05, 3.63) is 348 Å². The normalized spacial score (nSPS) is 13.5. The van der Waals surface area contributed by atoms with E-state index in [1.807, 2.05) is 0 Å². The molecule has 13 aromatic rings. The van der Waals surface area contributed by atoms with Gasteiger partial charge in [-0.25, -0.2) is 0 Å². The highest BCUT2D eigenvalue weighted by molar-refractivity contribution is 6.11. The Morgan fingerprint density at radius 3 is 1.41 bits per heavy atom. The first-order valence-corrected chi connectivity index (χ1v) is 26.4. The van der Waals surface area contributed by atoms with E-state index in [4.69, 9.17) is 0 Å². The molecule has 2 nitrogen and oxygen atoms in total. The van der Waals surface area contributed by atoms with Crippen molar-refractivity contribution < 1.29 is 0 Å². The Bertz CT molecular complexity index is 4240. The van der Waals surface area contributed by atoms with Gasteiger partial charge in [-0.3, -0.25) is 0 Å². The lowest BCUT2D eigenvalue weighted by molar-refractivity contribution is 0.768. The molecule has 0 saturated heterocycles. The molecule has 76 heavy (non-hydrogen) atoms. The molecule has 0 saturated carbocycles. The van der Waals surface area contributed by atoms with E-state index < -0.39 is 10.8 Å². The van der Waals surface area contributed by atoms with E-state index in [0.717, 1.165) is 28.3 Å². The lowest BCUT2D eigenvalue weighted by atomic mass is 9.67. The van der Waals surface area contributed by atoms with Gasteiger partial charge in [0.15, 0.2) is 0 Å². The first kappa shape index (κ1) is 43.8. The smallest absolute Gasteiger partial charge is 0.0714 e. The molecular formula is C74H50N2. The van der Waals surface area contributed by atoms with Crippen LogP contribution < -0.4 is 4.90 Å². The molecule has 0 bridgehead atoms. The summed E-state index contributed by atoms with van der Waals surface area (Å²) in [7, 11) is 0. The molecule has 0 unspecified atom stereocenters. The summed E-state index contributed by atoms with van der Waals surface area (Å²) in [6.07, 6.45) is 0. The quantitative estimate of drug-likeness (QED) is 0.140. The third-order valence-corrected chi connectivity index (χ3v) is 16.5. The summed E-state index contributed by atoms with van der Waals surface area (Å²) in [4.78, 5) is 2.57. The molecule has 1 aromatic heterocycles. The molecule has 356 valence electrons. The highest BCUT2D eigenvalue weighted by atomic mass is 15.1. The Balaban J connectivity index is 1.07. The van der Waals surface area contributed by atoms with Gasteiger partial charge >= 0.3 is 0 Å². The van der Waals surface area contributed by atoms with Crippen LogP contribution in [0.1, 0.15) is 44.5 Å². The molecule has 2 heteroatoms. The van der Waals surface area contributed by atoms with Gasteiger partial charge in [-0.15, -0.1) is 0 Å². The summed E-state index contributed by atoms with van der Waals surface area (Å²) in [5.41, 5.74) is 22.8. The van der Waals surface area contributed by atoms with Crippen molar-refractivity contribution in [2.75, 3.05) is 4.90 Å². The van der Waals surface area contributed by atoms with E-state index in [2.05, 4.69) is 313 Å². The van der Waals surface area contributed by atoms with E-state index in [0.29, 0.717) is 0 Å². The monoisotopic (exact) mass is 966 g/mol. The van der Waals surface area contributed by atoms with E-state index >= 15 is 0 Å². The van der Waals surface area contributed by atoms with Gasteiger partial charge in [-0.2, -0.15) is 0 Å². The summed E-state index contributed by atoms with van der Waals surface area (Å²) < 4.78 is 2.44. The summed E-state index contributed by atoms with van der Waals surface area (Å²) in [6.45, 7) is 0. The number of rotatable bonds is 9. The van der Waals surface area contributed by atoms with Crippen molar-refractivity contribution >= 4 is 38.9 Å². The van der Waals surface area contributed by atoms with Gasteiger partial charge in [-0.1, -0.05) is 249 Å². The second kappa shape index (κ2) is 17.4. The minimum atomic E-state index is -0.640. The maximum atomic E-state index is 2.57. The standard InChI is InChI=1S/C74H50N2/c1-7-24-51(25-8-1)52-42-45-64-67(48-52)74(55-30-13-4-14-31-55,56-32-15-5-16-33-56)66-39-23-41-70(72(64)66)75(59-44-47-63-62-37-20-22-40-69(62)76(71(63)50-59)57-34-17-6-18-35-57)58-43-46-61-60-36-19-21-38-65(60)73(68(61)49-58,53-26-9-2-10-27-53)54-28-11-3-12-29-54/h1-50H. The van der Waals surface area contributed by atoms with E-state index in [1.54, 1.807) is 0 Å². The molecule has 1 heterocycles. The average molecular weight is 967 g/mol. The first-order chi connectivity index (χ1) is 37.7. The van der Waals surface area contributed by atoms with E-state index in [1.165, 1.54) is 94.2 Å². The van der Waals surface area contributed by atoms with Crippen molar-refractivity contribution in [2.45, 2.75) is 10.8 Å². The van der Waals surface area contributed by atoms with Crippen LogP contribution in [-0.4, -0.2) is 4.57 Å². The fraction of sp³-hybridized carbons (Fsp3) is 0.0270. The van der Waals surface area contributed by atoms with Gasteiger partial charge in [0.05, 0.1) is 27.6 Å². The molecule has 2 aliphatic rings. The zero-order chi connectivity index (χ0) is 50.2. The van der Waals surface area contributed by atoms with Crippen molar-refractivity contribution in [3.63, 3.8) is 0 Å². The lowest BCUT2D eigenvalue weighted by Gasteiger charge is -2.35. The number of hydrogen-bond donors (Lipinski definition) is 0. The van der Waals surface area contributed by atoms with Gasteiger partial charge in [0.1, 0.15) is 0 Å². The zero-order valence-electron chi connectivity index (χ0n) is 41.8. The molecule has 0 aliphatic heterocycles. The Hall–Kier alpha value is -9.76. The lowest BCUT2D eigenvalue weighted by Crippen LogP contribution is -2.29. The number of aromatic nitrogens is 1.